The number of fused-ring (bicyclic) bond motifs is 1. The highest BCUT2D eigenvalue weighted by Crippen LogP contribution is 2.33. The Morgan fingerprint density at radius 3 is 2.48 bits per heavy atom. The Balaban J connectivity index is 2.06. The molecular formula is C16H13N3O2. The van der Waals surface area contributed by atoms with Crippen molar-refractivity contribution in [3.63, 3.8) is 0 Å². The number of allylic oxidation sites excluding steroid dienone is 1. The second-order valence-electron chi connectivity index (χ2n) is 4.49. The van der Waals surface area contributed by atoms with E-state index < -0.39 is 0 Å². The molecule has 0 aliphatic carbocycles. The molecule has 0 radical (unpaired) electrons. The highest BCUT2D eigenvalue weighted by Gasteiger charge is 2.14. The molecule has 0 atom stereocenters. The number of benzene rings is 1. The lowest BCUT2D eigenvalue weighted by Crippen LogP contribution is -2.15. The van der Waals surface area contributed by atoms with Gasteiger partial charge < -0.3 is 15.2 Å². The molecule has 0 spiro atoms. The van der Waals surface area contributed by atoms with Crippen molar-refractivity contribution in [1.82, 2.24) is 4.98 Å². The lowest BCUT2D eigenvalue weighted by molar-refractivity contribution is 0.171. The van der Waals surface area contributed by atoms with Crippen molar-refractivity contribution in [3.05, 3.63) is 53.9 Å². The van der Waals surface area contributed by atoms with E-state index in [0.717, 1.165) is 11.1 Å². The van der Waals surface area contributed by atoms with Crippen molar-refractivity contribution in [2.75, 3.05) is 13.2 Å². The molecule has 21 heavy (non-hydrogen) atoms. The maximum absolute atomic E-state index is 9.39. The average Bonchev–Trinajstić information content (AvgIpc) is 2.56. The molecule has 0 unspecified atom stereocenters. The van der Waals surface area contributed by atoms with Gasteiger partial charge in [-0.2, -0.15) is 5.26 Å². The van der Waals surface area contributed by atoms with Gasteiger partial charge in [-0.3, -0.25) is 4.98 Å². The molecule has 1 aliphatic rings. The third-order valence-corrected chi connectivity index (χ3v) is 3.20. The summed E-state index contributed by atoms with van der Waals surface area (Å²) in [4.78, 5) is 3.94. The third kappa shape index (κ3) is 2.51. The van der Waals surface area contributed by atoms with Crippen LogP contribution in [-0.2, 0) is 0 Å². The topological polar surface area (TPSA) is 81.2 Å². The Bertz CT molecular complexity index is 733. The predicted octanol–water partition coefficient (Wildman–Crippen LogP) is 2.20. The van der Waals surface area contributed by atoms with Crippen molar-refractivity contribution in [1.29, 1.82) is 5.26 Å². The lowest BCUT2D eigenvalue weighted by Gasteiger charge is -2.19. The van der Waals surface area contributed by atoms with Crippen LogP contribution in [0.4, 0.5) is 0 Å². The number of aromatic nitrogens is 1. The number of hydrogen-bond donors (Lipinski definition) is 1. The molecule has 104 valence electrons. The molecule has 1 aromatic carbocycles. The zero-order chi connectivity index (χ0) is 14.7. The summed E-state index contributed by atoms with van der Waals surface area (Å²) in [6, 6.07) is 11.1. The van der Waals surface area contributed by atoms with E-state index in [9.17, 15) is 5.26 Å². The van der Waals surface area contributed by atoms with Crippen LogP contribution in [0, 0.1) is 11.3 Å². The molecule has 2 heterocycles. The summed E-state index contributed by atoms with van der Waals surface area (Å²) >= 11 is 0. The molecule has 5 nitrogen and oxygen atoms in total. The Hall–Kier alpha value is -3.00. The van der Waals surface area contributed by atoms with Crippen LogP contribution in [0.3, 0.4) is 0 Å². The van der Waals surface area contributed by atoms with Crippen molar-refractivity contribution < 1.29 is 9.47 Å². The summed E-state index contributed by atoms with van der Waals surface area (Å²) in [6.45, 7) is 1.05. The number of pyridine rings is 1. The minimum absolute atomic E-state index is 0.403. The number of nitrogens with two attached hydrogens (primary N) is 1. The smallest absolute Gasteiger partial charge is 0.162 e. The van der Waals surface area contributed by atoms with Gasteiger partial charge in [0.25, 0.3) is 0 Å². The fourth-order valence-electron chi connectivity index (χ4n) is 2.15. The minimum Gasteiger partial charge on any atom is -0.486 e. The fourth-order valence-corrected chi connectivity index (χ4v) is 2.15. The monoisotopic (exact) mass is 279 g/mol. The molecule has 3 rings (SSSR count). The van der Waals surface area contributed by atoms with Gasteiger partial charge in [0.1, 0.15) is 19.3 Å². The summed E-state index contributed by atoms with van der Waals surface area (Å²) in [6.07, 6.45) is 3.26. The second-order valence-corrected chi connectivity index (χ2v) is 4.49. The third-order valence-electron chi connectivity index (χ3n) is 3.20. The van der Waals surface area contributed by atoms with Crippen LogP contribution in [0.25, 0.3) is 11.3 Å². The second kappa shape index (κ2) is 5.55. The molecule has 0 amide bonds. The summed E-state index contributed by atoms with van der Waals surface area (Å²) in [5.41, 5.74) is 8.44. The SMILES string of the molecule is N#C/C(=C(/N)c1ccc2c(c1)OCCO2)c1ccncc1. The van der Waals surface area contributed by atoms with Crippen molar-refractivity contribution in [2.24, 2.45) is 5.73 Å². The number of nitrogens with zero attached hydrogens (tertiary/aromatic N) is 2. The van der Waals surface area contributed by atoms with Crippen LogP contribution >= 0.6 is 0 Å². The zero-order valence-corrected chi connectivity index (χ0v) is 11.2. The quantitative estimate of drug-likeness (QED) is 0.852. The van der Waals surface area contributed by atoms with Crippen molar-refractivity contribution in [3.8, 4) is 17.6 Å². The van der Waals surface area contributed by atoms with Crippen LogP contribution in [0.5, 0.6) is 11.5 Å². The van der Waals surface area contributed by atoms with E-state index >= 15 is 0 Å². The molecule has 5 heteroatoms. The minimum atomic E-state index is 0.403. The number of nitriles is 1. The van der Waals surface area contributed by atoms with Crippen molar-refractivity contribution >= 4 is 11.3 Å². The van der Waals surface area contributed by atoms with Gasteiger partial charge in [-0.25, -0.2) is 0 Å². The number of hydrogen-bond acceptors (Lipinski definition) is 5. The van der Waals surface area contributed by atoms with Gasteiger partial charge in [-0.1, -0.05) is 0 Å². The van der Waals surface area contributed by atoms with E-state index in [1.807, 2.05) is 6.07 Å². The maximum atomic E-state index is 9.39. The summed E-state index contributed by atoms with van der Waals surface area (Å²) in [5.74, 6) is 1.34. The molecule has 1 aromatic heterocycles. The van der Waals surface area contributed by atoms with Gasteiger partial charge in [-0.15, -0.1) is 0 Å². The van der Waals surface area contributed by atoms with Gasteiger partial charge in [0.05, 0.1) is 11.3 Å². The largest absolute Gasteiger partial charge is 0.486 e. The van der Waals surface area contributed by atoms with Gasteiger partial charge in [0.15, 0.2) is 11.5 Å². The summed E-state index contributed by atoms with van der Waals surface area (Å²) in [7, 11) is 0. The first-order valence-corrected chi connectivity index (χ1v) is 6.50. The van der Waals surface area contributed by atoms with Crippen LogP contribution in [0.1, 0.15) is 11.1 Å². The van der Waals surface area contributed by atoms with Gasteiger partial charge in [-0.05, 0) is 35.9 Å². The summed E-state index contributed by atoms with van der Waals surface area (Å²) < 4.78 is 11.0. The molecule has 0 bridgehead atoms. The Kier molecular flexibility index (Phi) is 3.44. The van der Waals surface area contributed by atoms with E-state index in [1.54, 1.807) is 36.7 Å². The zero-order valence-electron chi connectivity index (χ0n) is 11.2. The number of ether oxygens (including phenoxy) is 2. The highest BCUT2D eigenvalue weighted by atomic mass is 16.6. The Morgan fingerprint density at radius 1 is 1.05 bits per heavy atom. The van der Waals surface area contributed by atoms with E-state index in [-0.39, 0.29) is 0 Å². The van der Waals surface area contributed by atoms with E-state index in [2.05, 4.69) is 11.1 Å². The van der Waals surface area contributed by atoms with E-state index in [4.69, 9.17) is 15.2 Å². The molecule has 0 fully saturated rings. The number of rotatable bonds is 2. The molecule has 1 aliphatic heterocycles. The van der Waals surface area contributed by atoms with Crippen LogP contribution in [0.2, 0.25) is 0 Å². The molecular weight excluding hydrogens is 266 g/mol. The predicted molar refractivity (Wildman–Crippen MR) is 78.3 cm³/mol. The molecule has 0 saturated heterocycles. The molecule has 2 N–H and O–H groups in total. The summed E-state index contributed by atoms with van der Waals surface area (Å²) in [5, 5.41) is 9.39. The van der Waals surface area contributed by atoms with Crippen LogP contribution in [0.15, 0.2) is 42.7 Å². The van der Waals surface area contributed by atoms with Gasteiger partial charge >= 0.3 is 0 Å². The average molecular weight is 279 g/mol. The highest BCUT2D eigenvalue weighted by molar-refractivity contribution is 5.96. The Morgan fingerprint density at radius 2 is 1.76 bits per heavy atom. The molecule has 2 aromatic rings. The van der Waals surface area contributed by atoms with Crippen LogP contribution < -0.4 is 15.2 Å². The lowest BCUT2D eigenvalue weighted by atomic mass is 10.0. The first-order chi connectivity index (χ1) is 10.3. The molecule has 0 saturated carbocycles. The van der Waals surface area contributed by atoms with Crippen LogP contribution in [-0.4, -0.2) is 18.2 Å². The normalized spacial score (nSPS) is 14.0. The van der Waals surface area contributed by atoms with Gasteiger partial charge in [0.2, 0.25) is 0 Å². The van der Waals surface area contributed by atoms with Gasteiger partial charge in [0, 0.05) is 18.0 Å². The maximum Gasteiger partial charge on any atom is 0.162 e. The van der Waals surface area contributed by atoms with E-state index in [1.165, 1.54) is 0 Å². The van der Waals surface area contributed by atoms with E-state index in [0.29, 0.717) is 36.0 Å². The Labute approximate surface area is 122 Å². The first-order valence-electron chi connectivity index (χ1n) is 6.50. The fraction of sp³-hybridized carbons (Fsp3) is 0.125. The first kappa shape index (κ1) is 13.0. The standard InChI is InChI=1S/C16H13N3O2/c17-10-13(11-3-5-19-6-4-11)16(18)12-1-2-14-15(9-12)21-8-7-20-14/h1-6,9H,7-8,18H2/b16-13-. The van der Waals surface area contributed by atoms with Crippen molar-refractivity contribution in [2.45, 2.75) is 0 Å².